The van der Waals surface area contributed by atoms with E-state index in [1.54, 1.807) is 6.07 Å². The van der Waals surface area contributed by atoms with Crippen LogP contribution in [0.3, 0.4) is 0 Å². The van der Waals surface area contributed by atoms with Gasteiger partial charge in [0.15, 0.2) is 0 Å². The van der Waals surface area contributed by atoms with Gasteiger partial charge in [-0.3, -0.25) is 15.0 Å². The molecule has 0 unspecified atom stereocenters. The smallest absolute Gasteiger partial charge is 0.344 e. The van der Waals surface area contributed by atoms with E-state index in [2.05, 4.69) is 9.64 Å². The van der Waals surface area contributed by atoms with E-state index in [1.807, 2.05) is 0 Å². The van der Waals surface area contributed by atoms with E-state index < -0.39 is 10.9 Å². The molecule has 7 heteroatoms. The van der Waals surface area contributed by atoms with Crippen LogP contribution in [0.25, 0.3) is 0 Å². The van der Waals surface area contributed by atoms with E-state index in [0.29, 0.717) is 19.8 Å². The maximum absolute atomic E-state index is 11.6. The molecule has 0 aliphatic carbocycles. The summed E-state index contributed by atoms with van der Waals surface area (Å²) >= 11 is 0. The molecule has 1 aliphatic heterocycles. The summed E-state index contributed by atoms with van der Waals surface area (Å²) in [5.41, 5.74) is 0.601. The lowest BCUT2D eigenvalue weighted by Crippen LogP contribution is -2.35. The van der Waals surface area contributed by atoms with Crippen LogP contribution in [0.2, 0.25) is 0 Å². The number of carbonyl (C=O) groups excluding carboxylic acids is 1. The van der Waals surface area contributed by atoms with E-state index in [9.17, 15) is 14.9 Å². The molecule has 0 radical (unpaired) electrons. The molecule has 1 aromatic rings. The van der Waals surface area contributed by atoms with Gasteiger partial charge in [-0.15, -0.1) is 0 Å². The van der Waals surface area contributed by atoms with Crippen LogP contribution in [0.5, 0.6) is 0 Å². The fraction of sp³-hybridized carbons (Fsp3) is 0.462. The van der Waals surface area contributed by atoms with Crippen LogP contribution in [0, 0.1) is 10.1 Å². The number of carbonyl (C=O) groups is 1. The molecule has 1 aromatic carbocycles. The lowest BCUT2D eigenvalue weighted by molar-refractivity contribution is -0.385. The van der Waals surface area contributed by atoms with Crippen LogP contribution >= 0.6 is 0 Å². The first-order chi connectivity index (χ1) is 9.61. The van der Waals surface area contributed by atoms with Gasteiger partial charge in [0.25, 0.3) is 5.69 Å². The minimum atomic E-state index is -0.694. The maximum Gasteiger partial charge on any atom is 0.344 e. The van der Waals surface area contributed by atoms with Crippen LogP contribution in [0.4, 0.5) is 5.69 Å². The number of hydrogen-bond acceptors (Lipinski definition) is 6. The maximum atomic E-state index is 11.6. The second kappa shape index (κ2) is 6.44. The van der Waals surface area contributed by atoms with Gasteiger partial charge in [-0.05, 0) is 11.6 Å². The SMILES string of the molecule is COC(=O)c1cc(CN2CCOCC2)ccc1[N+](=O)[O-]. The van der Waals surface area contributed by atoms with Crippen LogP contribution in [-0.2, 0) is 16.0 Å². The first-order valence-corrected chi connectivity index (χ1v) is 6.27. The normalized spacial score (nSPS) is 15.8. The van der Waals surface area contributed by atoms with Crippen LogP contribution in [0.15, 0.2) is 18.2 Å². The zero-order valence-corrected chi connectivity index (χ0v) is 11.2. The first kappa shape index (κ1) is 14.4. The van der Waals surface area contributed by atoms with Crippen molar-refractivity contribution in [3.8, 4) is 0 Å². The minimum absolute atomic E-state index is 0.0109. The van der Waals surface area contributed by atoms with Crippen molar-refractivity contribution in [1.29, 1.82) is 0 Å². The predicted molar refractivity (Wildman–Crippen MR) is 70.5 cm³/mol. The molecule has 1 heterocycles. The number of esters is 1. The lowest BCUT2D eigenvalue weighted by Gasteiger charge is -2.26. The number of benzene rings is 1. The molecular weight excluding hydrogens is 264 g/mol. The van der Waals surface area contributed by atoms with Gasteiger partial charge in [0.2, 0.25) is 0 Å². The Kier molecular flexibility index (Phi) is 4.65. The van der Waals surface area contributed by atoms with Gasteiger partial charge < -0.3 is 9.47 Å². The Balaban J connectivity index is 2.22. The molecule has 2 rings (SSSR count). The van der Waals surface area contributed by atoms with Crippen molar-refractivity contribution < 1.29 is 19.2 Å². The Morgan fingerprint density at radius 3 is 2.75 bits per heavy atom. The highest BCUT2D eigenvalue weighted by atomic mass is 16.6. The number of nitro groups is 1. The van der Waals surface area contributed by atoms with E-state index in [1.165, 1.54) is 19.2 Å². The van der Waals surface area contributed by atoms with E-state index in [0.717, 1.165) is 18.7 Å². The predicted octanol–water partition coefficient (Wildman–Crippen LogP) is 1.21. The molecule has 0 amide bonds. The second-order valence-corrected chi connectivity index (χ2v) is 4.49. The quantitative estimate of drug-likeness (QED) is 0.468. The van der Waals surface area contributed by atoms with Crippen molar-refractivity contribution in [3.63, 3.8) is 0 Å². The fourth-order valence-electron chi connectivity index (χ4n) is 2.13. The molecule has 0 N–H and O–H groups in total. The van der Waals surface area contributed by atoms with Crippen LogP contribution in [-0.4, -0.2) is 49.2 Å². The molecule has 1 fully saturated rings. The van der Waals surface area contributed by atoms with Gasteiger partial charge in [0.05, 0.1) is 25.2 Å². The Morgan fingerprint density at radius 2 is 2.15 bits per heavy atom. The summed E-state index contributed by atoms with van der Waals surface area (Å²) in [6.07, 6.45) is 0. The van der Waals surface area contributed by atoms with Gasteiger partial charge >= 0.3 is 5.97 Å². The summed E-state index contributed by atoms with van der Waals surface area (Å²) in [5.74, 6) is -0.694. The Morgan fingerprint density at radius 1 is 1.45 bits per heavy atom. The van der Waals surface area contributed by atoms with Gasteiger partial charge in [-0.2, -0.15) is 0 Å². The van der Waals surface area contributed by atoms with Crippen molar-refractivity contribution >= 4 is 11.7 Å². The third kappa shape index (κ3) is 3.31. The van der Waals surface area contributed by atoms with Crippen LogP contribution in [0.1, 0.15) is 15.9 Å². The largest absolute Gasteiger partial charge is 0.465 e. The number of methoxy groups -OCH3 is 1. The molecule has 108 valence electrons. The van der Waals surface area contributed by atoms with Crippen LogP contribution < -0.4 is 0 Å². The summed E-state index contributed by atoms with van der Waals surface area (Å²) in [4.78, 5) is 24.1. The zero-order valence-electron chi connectivity index (χ0n) is 11.2. The number of rotatable bonds is 4. The molecule has 1 aliphatic rings. The summed E-state index contributed by atoms with van der Waals surface area (Å²) in [6.45, 7) is 3.61. The molecule has 0 aromatic heterocycles. The van der Waals surface area contributed by atoms with E-state index >= 15 is 0 Å². The summed E-state index contributed by atoms with van der Waals surface area (Å²) in [6, 6.07) is 4.54. The lowest BCUT2D eigenvalue weighted by atomic mass is 10.1. The number of morpholine rings is 1. The van der Waals surface area contributed by atoms with Gasteiger partial charge in [0.1, 0.15) is 5.56 Å². The molecule has 0 saturated carbocycles. The third-order valence-corrected chi connectivity index (χ3v) is 3.17. The Bertz CT molecular complexity index is 511. The highest BCUT2D eigenvalue weighted by molar-refractivity contribution is 5.94. The third-order valence-electron chi connectivity index (χ3n) is 3.17. The highest BCUT2D eigenvalue weighted by Gasteiger charge is 2.22. The summed E-state index contributed by atoms with van der Waals surface area (Å²) in [7, 11) is 1.21. The van der Waals surface area contributed by atoms with Gasteiger partial charge in [-0.25, -0.2) is 4.79 Å². The molecule has 1 saturated heterocycles. The fourth-order valence-corrected chi connectivity index (χ4v) is 2.13. The topological polar surface area (TPSA) is 81.9 Å². The summed E-state index contributed by atoms with van der Waals surface area (Å²) < 4.78 is 9.86. The minimum Gasteiger partial charge on any atom is -0.465 e. The van der Waals surface area contributed by atoms with E-state index in [-0.39, 0.29) is 11.3 Å². The molecule has 0 spiro atoms. The number of nitrogens with zero attached hydrogens (tertiary/aromatic N) is 2. The number of ether oxygens (including phenoxy) is 2. The highest BCUT2D eigenvalue weighted by Crippen LogP contribution is 2.22. The average molecular weight is 280 g/mol. The number of hydrogen-bond donors (Lipinski definition) is 0. The standard InChI is InChI=1S/C13H16N2O5/c1-19-13(16)11-8-10(2-3-12(11)15(17)18)9-14-4-6-20-7-5-14/h2-3,8H,4-7,9H2,1H3. The molecule has 0 bridgehead atoms. The first-order valence-electron chi connectivity index (χ1n) is 6.27. The van der Waals surface area contributed by atoms with Gasteiger partial charge in [-0.1, -0.05) is 6.07 Å². The Hall–Kier alpha value is -1.99. The molecule has 7 nitrogen and oxygen atoms in total. The molecule has 20 heavy (non-hydrogen) atoms. The second-order valence-electron chi connectivity index (χ2n) is 4.49. The Labute approximate surface area is 116 Å². The summed E-state index contributed by atoms with van der Waals surface area (Å²) in [5, 5.41) is 10.9. The van der Waals surface area contributed by atoms with Crippen molar-refractivity contribution in [2.24, 2.45) is 0 Å². The number of nitro benzene ring substituents is 1. The molecular formula is C13H16N2O5. The zero-order chi connectivity index (χ0) is 14.5. The van der Waals surface area contributed by atoms with Gasteiger partial charge in [0, 0.05) is 25.7 Å². The molecule has 0 atom stereocenters. The van der Waals surface area contributed by atoms with Crippen molar-refractivity contribution in [3.05, 3.63) is 39.4 Å². The van der Waals surface area contributed by atoms with Crippen molar-refractivity contribution in [2.75, 3.05) is 33.4 Å². The van der Waals surface area contributed by atoms with Crippen molar-refractivity contribution in [2.45, 2.75) is 6.54 Å². The van der Waals surface area contributed by atoms with Crippen molar-refractivity contribution in [1.82, 2.24) is 4.90 Å². The average Bonchev–Trinajstić information content (AvgIpc) is 2.47. The monoisotopic (exact) mass is 280 g/mol. The van der Waals surface area contributed by atoms with E-state index in [4.69, 9.17) is 4.74 Å².